The third-order valence-electron chi connectivity index (χ3n) is 5.61. The molecule has 0 bridgehead atoms. The summed E-state index contributed by atoms with van der Waals surface area (Å²) >= 11 is 0. The van der Waals surface area contributed by atoms with Gasteiger partial charge in [-0.3, -0.25) is 4.79 Å². The number of carboxylic acid groups (broad SMARTS) is 1. The Morgan fingerprint density at radius 1 is 1.09 bits per heavy atom. The van der Waals surface area contributed by atoms with Crippen molar-refractivity contribution in [2.75, 3.05) is 6.61 Å². The molecule has 0 aliphatic carbocycles. The Balaban J connectivity index is 2.54. The van der Waals surface area contributed by atoms with Crippen LogP contribution in [-0.2, 0) is 6.54 Å². The average Bonchev–Trinajstić information content (AvgIpc) is 2.74. The molecule has 0 aliphatic rings. The van der Waals surface area contributed by atoms with Crippen molar-refractivity contribution in [2.45, 2.75) is 54.1 Å². The number of carbonyl (C=O) groups is 1. The van der Waals surface area contributed by atoms with E-state index in [1.54, 1.807) is 10.6 Å². The van der Waals surface area contributed by atoms with Crippen LogP contribution in [-0.4, -0.2) is 22.4 Å². The Kier molecular flexibility index (Phi) is 7.15. The molecule has 1 unspecified atom stereocenters. The maximum absolute atomic E-state index is 13.9. The van der Waals surface area contributed by atoms with E-state index in [2.05, 4.69) is 19.2 Å². The van der Waals surface area contributed by atoms with Gasteiger partial charge in [-0.15, -0.1) is 0 Å². The molecule has 2 aromatic carbocycles. The monoisotopic (exact) mass is 450 g/mol. The topological polar surface area (TPSA) is 80.6 Å². The smallest absolute Gasteiger partial charge is 0.405 e. The lowest BCUT2D eigenvalue weighted by Crippen LogP contribution is -2.40. The summed E-state index contributed by atoms with van der Waals surface area (Å²) in [5.41, 5.74) is 1.86. The van der Waals surface area contributed by atoms with Crippen molar-refractivity contribution < 1.29 is 14.6 Å². The van der Waals surface area contributed by atoms with E-state index in [4.69, 9.17) is 4.74 Å². The van der Waals surface area contributed by atoms with Gasteiger partial charge in [0.2, 0.25) is 0 Å². The van der Waals surface area contributed by atoms with Gasteiger partial charge in [0.25, 0.3) is 5.56 Å². The number of nitrogens with zero attached hydrogens (tertiary/aromatic N) is 1. The first kappa shape index (κ1) is 24.4. The number of amides is 1. The molecule has 0 fully saturated rings. The largest absolute Gasteiger partial charge is 0.494 e. The molecule has 0 radical (unpaired) electrons. The van der Waals surface area contributed by atoms with Crippen LogP contribution in [0.25, 0.3) is 21.9 Å². The van der Waals surface area contributed by atoms with Crippen LogP contribution < -0.4 is 15.6 Å². The normalized spacial score (nSPS) is 12.7. The SMILES string of the molecule is CCOc1ccc2c(-c3ccccc3)c(C(NC(=O)O)C(C)(C)C)n(CC(C)C)c(=O)c2c1. The molecule has 6 nitrogen and oxygen atoms in total. The molecule has 0 saturated heterocycles. The lowest BCUT2D eigenvalue weighted by atomic mass is 9.80. The third kappa shape index (κ3) is 5.21. The second kappa shape index (κ2) is 9.69. The summed E-state index contributed by atoms with van der Waals surface area (Å²) in [6, 6.07) is 14.8. The molecule has 0 saturated carbocycles. The molecule has 6 heteroatoms. The van der Waals surface area contributed by atoms with Gasteiger partial charge in [0.15, 0.2) is 0 Å². The van der Waals surface area contributed by atoms with Gasteiger partial charge in [-0.1, -0.05) is 65.0 Å². The molecule has 1 atom stereocenters. The zero-order valence-electron chi connectivity index (χ0n) is 20.3. The van der Waals surface area contributed by atoms with E-state index in [0.717, 1.165) is 16.5 Å². The van der Waals surface area contributed by atoms with Crippen LogP contribution in [0, 0.1) is 11.3 Å². The average molecular weight is 451 g/mol. The summed E-state index contributed by atoms with van der Waals surface area (Å²) in [5, 5.41) is 13.8. The number of ether oxygens (including phenoxy) is 1. The fourth-order valence-corrected chi connectivity index (χ4v) is 4.28. The van der Waals surface area contributed by atoms with Crippen molar-refractivity contribution in [1.82, 2.24) is 9.88 Å². The van der Waals surface area contributed by atoms with Gasteiger partial charge in [-0.2, -0.15) is 0 Å². The van der Waals surface area contributed by atoms with Crippen molar-refractivity contribution in [2.24, 2.45) is 11.3 Å². The first-order chi connectivity index (χ1) is 15.5. The number of fused-ring (bicyclic) bond motifs is 1. The molecule has 3 rings (SSSR count). The molecule has 2 N–H and O–H groups in total. The third-order valence-corrected chi connectivity index (χ3v) is 5.61. The zero-order chi connectivity index (χ0) is 24.3. The Morgan fingerprint density at radius 2 is 1.76 bits per heavy atom. The first-order valence-corrected chi connectivity index (χ1v) is 11.4. The van der Waals surface area contributed by atoms with E-state index >= 15 is 0 Å². The Labute approximate surface area is 195 Å². The molecular weight excluding hydrogens is 416 g/mol. The predicted molar refractivity (Wildman–Crippen MR) is 133 cm³/mol. The molecule has 1 amide bonds. The summed E-state index contributed by atoms with van der Waals surface area (Å²) in [6.07, 6.45) is -1.12. The van der Waals surface area contributed by atoms with Crippen LogP contribution in [0.4, 0.5) is 4.79 Å². The second-order valence-corrected chi connectivity index (χ2v) is 9.82. The molecular formula is C27H34N2O4. The van der Waals surface area contributed by atoms with Gasteiger partial charge < -0.3 is 19.7 Å². The van der Waals surface area contributed by atoms with E-state index in [9.17, 15) is 14.7 Å². The molecule has 0 aliphatic heterocycles. The number of aromatic nitrogens is 1. The van der Waals surface area contributed by atoms with E-state index in [1.807, 2.05) is 70.2 Å². The number of pyridine rings is 1. The predicted octanol–water partition coefficient (Wildman–Crippen LogP) is 6.08. The van der Waals surface area contributed by atoms with Crippen molar-refractivity contribution in [3.05, 3.63) is 64.6 Å². The summed E-state index contributed by atoms with van der Waals surface area (Å²) in [7, 11) is 0. The fraction of sp³-hybridized carbons (Fsp3) is 0.407. The highest BCUT2D eigenvalue weighted by Gasteiger charge is 2.34. The van der Waals surface area contributed by atoms with Crippen LogP contribution >= 0.6 is 0 Å². The Bertz CT molecular complexity index is 1190. The highest BCUT2D eigenvalue weighted by Crippen LogP contribution is 2.41. The molecule has 1 aromatic heterocycles. The lowest BCUT2D eigenvalue weighted by Gasteiger charge is -2.35. The Hall–Kier alpha value is -3.28. The quantitative estimate of drug-likeness (QED) is 0.457. The van der Waals surface area contributed by atoms with Gasteiger partial charge in [0.05, 0.1) is 23.7 Å². The molecule has 176 valence electrons. The number of benzene rings is 2. The van der Waals surface area contributed by atoms with Gasteiger partial charge in [-0.05, 0) is 47.4 Å². The van der Waals surface area contributed by atoms with Crippen molar-refractivity contribution >= 4 is 16.9 Å². The van der Waals surface area contributed by atoms with E-state index in [1.165, 1.54) is 0 Å². The second-order valence-electron chi connectivity index (χ2n) is 9.82. The number of hydrogen-bond donors (Lipinski definition) is 2. The van der Waals surface area contributed by atoms with Crippen LogP contribution in [0.3, 0.4) is 0 Å². The molecule has 3 aromatic rings. The zero-order valence-corrected chi connectivity index (χ0v) is 20.3. The molecule has 0 spiro atoms. The standard InChI is InChI=1S/C27H34N2O4/c1-7-33-19-13-14-20-21(15-19)25(30)29(16-17(2)3)23(22(20)18-11-9-8-10-12-18)24(27(4,5)6)28-26(31)32/h8-15,17,24,28H,7,16H2,1-6H3,(H,31,32). The number of nitrogens with one attached hydrogen (secondary N) is 1. The minimum Gasteiger partial charge on any atom is -0.494 e. The lowest BCUT2D eigenvalue weighted by molar-refractivity contribution is 0.172. The summed E-state index contributed by atoms with van der Waals surface area (Å²) in [6.45, 7) is 12.9. The maximum atomic E-state index is 13.9. The highest BCUT2D eigenvalue weighted by molar-refractivity contribution is 5.98. The van der Waals surface area contributed by atoms with E-state index in [0.29, 0.717) is 30.0 Å². The molecule has 33 heavy (non-hydrogen) atoms. The van der Waals surface area contributed by atoms with Crippen LogP contribution in [0.2, 0.25) is 0 Å². The first-order valence-electron chi connectivity index (χ1n) is 11.4. The van der Waals surface area contributed by atoms with E-state index < -0.39 is 17.6 Å². The summed E-state index contributed by atoms with van der Waals surface area (Å²) in [4.78, 5) is 25.7. The van der Waals surface area contributed by atoms with Crippen LogP contribution in [0.1, 0.15) is 53.3 Å². The minimum atomic E-state index is -1.12. The number of hydrogen-bond acceptors (Lipinski definition) is 3. The van der Waals surface area contributed by atoms with Crippen molar-refractivity contribution in [3.63, 3.8) is 0 Å². The summed E-state index contributed by atoms with van der Waals surface area (Å²) < 4.78 is 7.44. The van der Waals surface area contributed by atoms with Crippen LogP contribution in [0.5, 0.6) is 5.75 Å². The van der Waals surface area contributed by atoms with Gasteiger partial charge in [0, 0.05) is 12.1 Å². The highest BCUT2D eigenvalue weighted by atomic mass is 16.5. The van der Waals surface area contributed by atoms with E-state index in [-0.39, 0.29) is 11.5 Å². The van der Waals surface area contributed by atoms with Crippen LogP contribution in [0.15, 0.2) is 53.3 Å². The van der Waals surface area contributed by atoms with Crippen molar-refractivity contribution in [3.8, 4) is 16.9 Å². The van der Waals surface area contributed by atoms with Crippen molar-refractivity contribution in [1.29, 1.82) is 0 Å². The minimum absolute atomic E-state index is 0.142. The fourth-order valence-electron chi connectivity index (χ4n) is 4.28. The van der Waals surface area contributed by atoms with Gasteiger partial charge in [-0.25, -0.2) is 4.79 Å². The maximum Gasteiger partial charge on any atom is 0.405 e. The Morgan fingerprint density at radius 3 is 2.30 bits per heavy atom. The van der Waals surface area contributed by atoms with Gasteiger partial charge in [0.1, 0.15) is 5.75 Å². The number of rotatable bonds is 7. The summed E-state index contributed by atoms with van der Waals surface area (Å²) in [5.74, 6) is 0.823. The molecule has 1 heterocycles. The van der Waals surface area contributed by atoms with Gasteiger partial charge >= 0.3 is 6.09 Å².